The Labute approximate surface area is 88.5 Å². The molecule has 2 rings (SSSR count). The average molecular weight is 212 g/mol. The van der Waals surface area contributed by atoms with E-state index in [1.54, 1.807) is 11.3 Å². The Morgan fingerprint density at radius 2 is 2.57 bits per heavy atom. The molecule has 1 aromatic heterocycles. The van der Waals surface area contributed by atoms with Crippen LogP contribution in [0.15, 0.2) is 11.4 Å². The number of aliphatic hydroxyl groups is 1. The molecule has 1 saturated heterocycles. The molecule has 78 valence electrons. The molecule has 0 aliphatic carbocycles. The van der Waals surface area contributed by atoms with Crippen molar-refractivity contribution in [2.45, 2.75) is 25.9 Å². The lowest BCUT2D eigenvalue weighted by Crippen LogP contribution is -2.06. The van der Waals surface area contributed by atoms with Crippen LogP contribution in [0.2, 0.25) is 0 Å². The van der Waals surface area contributed by atoms with E-state index in [2.05, 4.69) is 13.0 Å². The van der Waals surface area contributed by atoms with Crippen molar-refractivity contribution in [2.75, 3.05) is 13.2 Å². The minimum Gasteiger partial charge on any atom is -0.388 e. The van der Waals surface area contributed by atoms with Crippen LogP contribution in [0.4, 0.5) is 0 Å². The van der Waals surface area contributed by atoms with Crippen molar-refractivity contribution in [2.24, 2.45) is 5.92 Å². The molecule has 0 bridgehead atoms. The normalized spacial score (nSPS) is 24.0. The van der Waals surface area contributed by atoms with Gasteiger partial charge in [0.25, 0.3) is 0 Å². The van der Waals surface area contributed by atoms with Crippen LogP contribution in [-0.2, 0) is 4.74 Å². The van der Waals surface area contributed by atoms with Crippen molar-refractivity contribution >= 4 is 11.3 Å². The highest BCUT2D eigenvalue weighted by Crippen LogP contribution is 2.31. The molecule has 0 aromatic carbocycles. The van der Waals surface area contributed by atoms with E-state index >= 15 is 0 Å². The second-order valence-electron chi connectivity index (χ2n) is 3.95. The van der Waals surface area contributed by atoms with Gasteiger partial charge < -0.3 is 9.84 Å². The molecule has 1 aliphatic heterocycles. The molecule has 1 aromatic rings. The largest absolute Gasteiger partial charge is 0.388 e. The van der Waals surface area contributed by atoms with E-state index < -0.39 is 0 Å². The highest BCUT2D eigenvalue weighted by atomic mass is 32.1. The number of thiophene rings is 1. The van der Waals surface area contributed by atoms with Crippen LogP contribution in [0.5, 0.6) is 0 Å². The third kappa shape index (κ3) is 2.16. The summed E-state index contributed by atoms with van der Waals surface area (Å²) in [6.07, 6.45) is 1.66. The van der Waals surface area contributed by atoms with E-state index in [1.165, 1.54) is 5.56 Å². The number of aryl methyl sites for hydroxylation is 1. The molecule has 3 heteroatoms. The Hall–Kier alpha value is -0.380. The SMILES string of the molecule is Cc1ccsc1C(O)CC1CCOC1. The van der Waals surface area contributed by atoms with Gasteiger partial charge in [-0.3, -0.25) is 0 Å². The lowest BCUT2D eigenvalue weighted by atomic mass is 9.99. The second-order valence-corrected chi connectivity index (χ2v) is 4.90. The predicted octanol–water partition coefficient (Wildman–Crippen LogP) is 2.52. The summed E-state index contributed by atoms with van der Waals surface area (Å²) in [6, 6.07) is 2.06. The minimum atomic E-state index is -0.290. The van der Waals surface area contributed by atoms with Crippen LogP contribution in [0.25, 0.3) is 0 Å². The van der Waals surface area contributed by atoms with Gasteiger partial charge in [0, 0.05) is 18.1 Å². The van der Waals surface area contributed by atoms with Crippen LogP contribution in [0.1, 0.15) is 29.4 Å². The Balaban J connectivity index is 1.95. The molecule has 1 N–H and O–H groups in total. The Morgan fingerprint density at radius 1 is 1.71 bits per heavy atom. The van der Waals surface area contributed by atoms with Crippen molar-refractivity contribution in [1.82, 2.24) is 0 Å². The zero-order valence-electron chi connectivity index (χ0n) is 8.40. The van der Waals surface area contributed by atoms with Crippen LogP contribution in [0.3, 0.4) is 0 Å². The number of rotatable bonds is 3. The van der Waals surface area contributed by atoms with Crippen LogP contribution in [0, 0.1) is 12.8 Å². The van der Waals surface area contributed by atoms with Crippen LogP contribution in [-0.4, -0.2) is 18.3 Å². The highest BCUT2D eigenvalue weighted by Gasteiger charge is 2.21. The zero-order valence-corrected chi connectivity index (χ0v) is 9.22. The van der Waals surface area contributed by atoms with Crippen molar-refractivity contribution in [3.05, 3.63) is 21.9 Å². The van der Waals surface area contributed by atoms with Crippen LogP contribution < -0.4 is 0 Å². The minimum absolute atomic E-state index is 0.290. The maximum absolute atomic E-state index is 10.0. The quantitative estimate of drug-likeness (QED) is 0.834. The van der Waals surface area contributed by atoms with Crippen LogP contribution >= 0.6 is 11.3 Å². The molecule has 1 fully saturated rings. The average Bonchev–Trinajstić information content (AvgIpc) is 2.75. The first-order valence-corrected chi connectivity index (χ1v) is 5.95. The summed E-state index contributed by atoms with van der Waals surface area (Å²) in [7, 11) is 0. The molecule has 2 atom stereocenters. The number of aliphatic hydroxyl groups excluding tert-OH is 1. The van der Waals surface area contributed by atoms with E-state index in [-0.39, 0.29) is 6.10 Å². The standard InChI is InChI=1S/C11H16O2S/c1-8-3-5-14-11(8)10(12)6-9-2-4-13-7-9/h3,5,9-10,12H,2,4,6-7H2,1H3. The van der Waals surface area contributed by atoms with Gasteiger partial charge in [0.15, 0.2) is 0 Å². The Morgan fingerprint density at radius 3 is 3.14 bits per heavy atom. The van der Waals surface area contributed by atoms with E-state index in [0.717, 1.165) is 30.9 Å². The molecule has 0 saturated carbocycles. The summed E-state index contributed by atoms with van der Waals surface area (Å²) in [5, 5.41) is 12.0. The third-order valence-corrected chi connectivity index (χ3v) is 3.91. The van der Waals surface area contributed by atoms with E-state index in [0.29, 0.717) is 5.92 Å². The molecule has 0 spiro atoms. The monoisotopic (exact) mass is 212 g/mol. The predicted molar refractivity (Wildman–Crippen MR) is 57.6 cm³/mol. The van der Waals surface area contributed by atoms with E-state index in [9.17, 15) is 5.11 Å². The highest BCUT2D eigenvalue weighted by molar-refractivity contribution is 7.10. The number of hydrogen-bond acceptors (Lipinski definition) is 3. The first-order valence-electron chi connectivity index (χ1n) is 5.07. The third-order valence-electron chi connectivity index (χ3n) is 2.78. The maximum Gasteiger partial charge on any atom is 0.0888 e. The summed E-state index contributed by atoms with van der Waals surface area (Å²) >= 11 is 1.65. The second kappa shape index (κ2) is 4.43. The lowest BCUT2D eigenvalue weighted by molar-refractivity contribution is 0.132. The fourth-order valence-corrected chi connectivity index (χ4v) is 2.84. The molecule has 0 amide bonds. The summed E-state index contributed by atoms with van der Waals surface area (Å²) in [6.45, 7) is 3.74. The molecule has 2 nitrogen and oxygen atoms in total. The number of hydrogen-bond donors (Lipinski definition) is 1. The van der Waals surface area contributed by atoms with E-state index in [4.69, 9.17) is 4.74 Å². The molecular weight excluding hydrogens is 196 g/mol. The van der Waals surface area contributed by atoms with Gasteiger partial charge in [0.05, 0.1) is 6.10 Å². The maximum atomic E-state index is 10.0. The van der Waals surface area contributed by atoms with Gasteiger partial charge in [-0.25, -0.2) is 0 Å². The van der Waals surface area contributed by atoms with Gasteiger partial charge >= 0.3 is 0 Å². The zero-order chi connectivity index (χ0) is 9.97. The van der Waals surface area contributed by atoms with Gasteiger partial charge in [0.1, 0.15) is 0 Å². The summed E-state index contributed by atoms with van der Waals surface area (Å²) < 4.78 is 5.30. The van der Waals surface area contributed by atoms with Gasteiger partial charge in [-0.2, -0.15) is 0 Å². The summed E-state index contributed by atoms with van der Waals surface area (Å²) in [4.78, 5) is 1.12. The summed E-state index contributed by atoms with van der Waals surface area (Å²) in [5.41, 5.74) is 1.21. The van der Waals surface area contributed by atoms with Gasteiger partial charge in [-0.05, 0) is 42.7 Å². The van der Waals surface area contributed by atoms with Crippen molar-refractivity contribution in [1.29, 1.82) is 0 Å². The lowest BCUT2D eigenvalue weighted by Gasteiger charge is -2.13. The Kier molecular flexibility index (Phi) is 3.21. The van der Waals surface area contributed by atoms with E-state index in [1.807, 2.05) is 5.38 Å². The number of ether oxygens (including phenoxy) is 1. The first-order chi connectivity index (χ1) is 6.77. The topological polar surface area (TPSA) is 29.5 Å². The Bertz CT molecular complexity index is 289. The molecular formula is C11H16O2S. The first kappa shape index (κ1) is 10.1. The summed E-state index contributed by atoms with van der Waals surface area (Å²) in [5.74, 6) is 0.548. The molecule has 2 heterocycles. The fourth-order valence-electron chi connectivity index (χ4n) is 1.92. The van der Waals surface area contributed by atoms with Gasteiger partial charge in [0.2, 0.25) is 0 Å². The molecule has 2 unspecified atom stereocenters. The van der Waals surface area contributed by atoms with Gasteiger partial charge in [-0.15, -0.1) is 11.3 Å². The molecule has 14 heavy (non-hydrogen) atoms. The van der Waals surface area contributed by atoms with Gasteiger partial charge in [-0.1, -0.05) is 0 Å². The smallest absolute Gasteiger partial charge is 0.0888 e. The van der Waals surface area contributed by atoms with Crippen molar-refractivity contribution in [3.8, 4) is 0 Å². The van der Waals surface area contributed by atoms with Crippen molar-refractivity contribution < 1.29 is 9.84 Å². The van der Waals surface area contributed by atoms with Crippen molar-refractivity contribution in [3.63, 3.8) is 0 Å². The molecule has 0 radical (unpaired) electrons. The fraction of sp³-hybridized carbons (Fsp3) is 0.636. The molecule has 1 aliphatic rings.